The number of thiophene rings is 1. The van der Waals surface area contributed by atoms with E-state index < -0.39 is 0 Å². The summed E-state index contributed by atoms with van der Waals surface area (Å²) in [7, 11) is 0. The molecule has 0 radical (unpaired) electrons. The highest BCUT2D eigenvalue weighted by Crippen LogP contribution is 2.44. The quantitative estimate of drug-likeness (QED) is 0.633. The van der Waals surface area contributed by atoms with Gasteiger partial charge in [-0.05, 0) is 48.3 Å². The monoisotopic (exact) mass is 389 g/mol. The lowest BCUT2D eigenvalue weighted by Crippen LogP contribution is -2.34. The Hall–Kier alpha value is -3.01. The number of aryl methyl sites for hydroxylation is 2. The number of hydrogen-bond acceptors (Lipinski definition) is 4. The number of amides is 1. The van der Waals surface area contributed by atoms with Crippen molar-refractivity contribution >= 4 is 39.6 Å². The van der Waals surface area contributed by atoms with Crippen LogP contribution in [0.15, 0.2) is 54.6 Å². The van der Waals surface area contributed by atoms with Gasteiger partial charge in [-0.25, -0.2) is 0 Å². The molecule has 1 aromatic heterocycles. The summed E-state index contributed by atoms with van der Waals surface area (Å²) >= 11 is 6.82. The van der Waals surface area contributed by atoms with Gasteiger partial charge in [0.2, 0.25) is 0 Å². The molecule has 2 N–H and O–H groups in total. The standard InChI is InChI=1S/C21H15N3OS2/c22-12-16-18-15-9-5-4-6-13(15)10-11-17(18)27-20(16)24-21(26)23-19(25)14-7-2-1-3-8-14/h1-9H,10-11H2,(H2,23,24,25,26). The van der Waals surface area contributed by atoms with Gasteiger partial charge in [0.1, 0.15) is 11.1 Å². The lowest BCUT2D eigenvalue weighted by atomic mass is 9.88. The molecular weight excluding hydrogens is 374 g/mol. The van der Waals surface area contributed by atoms with Crippen molar-refractivity contribution in [3.63, 3.8) is 0 Å². The third kappa shape index (κ3) is 3.35. The maximum Gasteiger partial charge on any atom is 0.257 e. The van der Waals surface area contributed by atoms with E-state index in [1.54, 1.807) is 24.3 Å². The highest BCUT2D eigenvalue weighted by Gasteiger charge is 2.25. The number of carbonyl (C=O) groups excluding carboxylic acids is 1. The summed E-state index contributed by atoms with van der Waals surface area (Å²) in [5.41, 5.74) is 4.47. The van der Waals surface area contributed by atoms with Crippen LogP contribution in [0.4, 0.5) is 5.00 Å². The maximum atomic E-state index is 12.3. The van der Waals surface area contributed by atoms with Crippen LogP contribution < -0.4 is 10.6 Å². The van der Waals surface area contributed by atoms with Crippen LogP contribution in [0.3, 0.4) is 0 Å². The number of anilines is 1. The van der Waals surface area contributed by atoms with Gasteiger partial charge in [0.25, 0.3) is 5.91 Å². The second-order valence-electron chi connectivity index (χ2n) is 6.15. The van der Waals surface area contributed by atoms with Crippen LogP contribution in [0.25, 0.3) is 11.1 Å². The largest absolute Gasteiger partial charge is 0.323 e. The molecule has 0 bridgehead atoms. The van der Waals surface area contributed by atoms with Gasteiger partial charge in [0.05, 0.1) is 5.56 Å². The van der Waals surface area contributed by atoms with Gasteiger partial charge in [-0.1, -0.05) is 42.5 Å². The zero-order chi connectivity index (χ0) is 18.8. The summed E-state index contributed by atoms with van der Waals surface area (Å²) in [5.74, 6) is -0.279. The van der Waals surface area contributed by atoms with Crippen LogP contribution in [0, 0.1) is 11.3 Å². The molecular formula is C21H15N3OS2. The Morgan fingerprint density at radius 3 is 2.59 bits per heavy atom. The van der Waals surface area contributed by atoms with E-state index in [-0.39, 0.29) is 11.0 Å². The van der Waals surface area contributed by atoms with Crippen LogP contribution in [0.1, 0.15) is 26.4 Å². The summed E-state index contributed by atoms with van der Waals surface area (Å²) in [6, 6.07) is 19.4. The lowest BCUT2D eigenvalue weighted by molar-refractivity contribution is 0.0977. The third-order valence-corrected chi connectivity index (χ3v) is 5.86. The number of carbonyl (C=O) groups is 1. The van der Waals surface area contributed by atoms with Crippen molar-refractivity contribution in [2.75, 3.05) is 5.32 Å². The molecule has 0 fully saturated rings. The number of nitriles is 1. The average Bonchev–Trinajstić information content (AvgIpc) is 3.05. The van der Waals surface area contributed by atoms with Crippen molar-refractivity contribution in [3.8, 4) is 17.2 Å². The van der Waals surface area contributed by atoms with Gasteiger partial charge in [-0.15, -0.1) is 11.3 Å². The fourth-order valence-corrected chi connectivity index (χ4v) is 4.69. The molecule has 0 unspecified atom stereocenters. The fraction of sp³-hybridized carbons (Fsp3) is 0.0952. The van der Waals surface area contributed by atoms with E-state index in [1.165, 1.54) is 21.8 Å². The number of rotatable bonds is 2. The van der Waals surface area contributed by atoms with E-state index in [0.717, 1.165) is 24.0 Å². The smallest absolute Gasteiger partial charge is 0.257 e. The molecule has 2 aromatic carbocycles. The van der Waals surface area contributed by atoms with Crippen molar-refractivity contribution in [1.82, 2.24) is 5.32 Å². The van der Waals surface area contributed by atoms with Gasteiger partial charge in [0, 0.05) is 16.0 Å². The number of fused-ring (bicyclic) bond motifs is 3. The van der Waals surface area contributed by atoms with Gasteiger partial charge in [-0.3, -0.25) is 10.1 Å². The number of nitrogens with zero attached hydrogens (tertiary/aromatic N) is 1. The van der Waals surface area contributed by atoms with E-state index in [1.807, 2.05) is 18.2 Å². The lowest BCUT2D eigenvalue weighted by Gasteiger charge is -2.16. The van der Waals surface area contributed by atoms with Crippen LogP contribution in [0.2, 0.25) is 0 Å². The van der Waals surface area contributed by atoms with Crippen molar-refractivity contribution in [2.24, 2.45) is 0 Å². The Balaban J connectivity index is 1.59. The van der Waals surface area contributed by atoms with Gasteiger partial charge >= 0.3 is 0 Å². The average molecular weight is 390 g/mol. The number of thiocarbonyl (C=S) groups is 1. The van der Waals surface area contributed by atoms with Crippen LogP contribution in [-0.4, -0.2) is 11.0 Å². The van der Waals surface area contributed by atoms with Gasteiger partial charge < -0.3 is 5.32 Å². The normalized spacial score (nSPS) is 11.7. The van der Waals surface area contributed by atoms with E-state index in [0.29, 0.717) is 16.1 Å². The molecule has 1 aliphatic carbocycles. The number of nitrogens with one attached hydrogen (secondary N) is 2. The topological polar surface area (TPSA) is 64.9 Å². The zero-order valence-corrected chi connectivity index (χ0v) is 15.9. The van der Waals surface area contributed by atoms with E-state index in [4.69, 9.17) is 12.2 Å². The number of hydrogen-bond donors (Lipinski definition) is 2. The highest BCUT2D eigenvalue weighted by atomic mass is 32.1. The minimum Gasteiger partial charge on any atom is -0.323 e. The van der Waals surface area contributed by atoms with Crippen molar-refractivity contribution in [3.05, 3.63) is 76.2 Å². The SMILES string of the molecule is N#Cc1c(NC(=S)NC(=O)c2ccccc2)sc2c1-c1ccccc1CC2. The first kappa shape index (κ1) is 17.4. The van der Waals surface area contributed by atoms with E-state index >= 15 is 0 Å². The Labute approximate surface area is 166 Å². The minimum absolute atomic E-state index is 0.187. The summed E-state index contributed by atoms with van der Waals surface area (Å²) in [5, 5.41) is 16.3. The third-order valence-electron chi connectivity index (χ3n) is 4.49. The molecule has 4 nitrogen and oxygen atoms in total. The minimum atomic E-state index is -0.279. The van der Waals surface area contributed by atoms with Crippen LogP contribution in [-0.2, 0) is 12.8 Å². The van der Waals surface area contributed by atoms with Gasteiger partial charge in [-0.2, -0.15) is 5.26 Å². The predicted octanol–water partition coefficient (Wildman–Crippen LogP) is 4.51. The molecule has 3 aromatic rings. The molecule has 1 heterocycles. The second kappa shape index (κ2) is 7.31. The van der Waals surface area contributed by atoms with Crippen LogP contribution >= 0.6 is 23.6 Å². The van der Waals surface area contributed by atoms with Crippen molar-refractivity contribution < 1.29 is 4.79 Å². The number of benzene rings is 2. The first-order chi connectivity index (χ1) is 13.2. The molecule has 0 spiro atoms. The Morgan fingerprint density at radius 2 is 1.81 bits per heavy atom. The molecule has 132 valence electrons. The summed E-state index contributed by atoms with van der Waals surface area (Å²) < 4.78 is 0. The predicted molar refractivity (Wildman–Crippen MR) is 112 cm³/mol. The summed E-state index contributed by atoms with van der Waals surface area (Å²) in [4.78, 5) is 13.4. The molecule has 4 rings (SSSR count). The van der Waals surface area contributed by atoms with Gasteiger partial charge in [0.15, 0.2) is 5.11 Å². The molecule has 27 heavy (non-hydrogen) atoms. The van der Waals surface area contributed by atoms with Crippen LogP contribution in [0.5, 0.6) is 0 Å². The molecule has 6 heteroatoms. The Kier molecular flexibility index (Phi) is 4.71. The molecule has 0 saturated heterocycles. The first-order valence-electron chi connectivity index (χ1n) is 8.49. The zero-order valence-electron chi connectivity index (χ0n) is 14.3. The van der Waals surface area contributed by atoms with Crippen molar-refractivity contribution in [2.45, 2.75) is 12.8 Å². The summed E-state index contributed by atoms with van der Waals surface area (Å²) in [6.45, 7) is 0. The molecule has 0 atom stereocenters. The Morgan fingerprint density at radius 1 is 1.07 bits per heavy atom. The fourth-order valence-electron chi connectivity index (χ4n) is 3.26. The highest BCUT2D eigenvalue weighted by molar-refractivity contribution is 7.80. The molecule has 1 amide bonds. The first-order valence-corrected chi connectivity index (χ1v) is 9.71. The Bertz CT molecular complexity index is 1080. The van der Waals surface area contributed by atoms with E-state index in [9.17, 15) is 10.1 Å². The van der Waals surface area contributed by atoms with Crippen molar-refractivity contribution in [1.29, 1.82) is 5.26 Å². The maximum absolute atomic E-state index is 12.3. The molecule has 0 aliphatic heterocycles. The second-order valence-corrected chi connectivity index (χ2v) is 7.66. The molecule has 1 aliphatic rings. The van der Waals surface area contributed by atoms with E-state index in [2.05, 4.69) is 28.8 Å². The molecule has 0 saturated carbocycles. The summed E-state index contributed by atoms with van der Waals surface area (Å²) in [6.07, 6.45) is 1.86.